The zero-order valence-corrected chi connectivity index (χ0v) is 14.4. The molecule has 2 bridgehead atoms. The van der Waals surface area contributed by atoms with Crippen molar-refractivity contribution in [3.05, 3.63) is 40.3 Å². The summed E-state index contributed by atoms with van der Waals surface area (Å²) in [6.45, 7) is 1.84. The second kappa shape index (κ2) is 4.61. The highest BCUT2D eigenvalue weighted by Gasteiger charge is 2.72. The summed E-state index contributed by atoms with van der Waals surface area (Å²) in [5.41, 5.74) is 0.197. The minimum Gasteiger partial charge on any atom is -0.478 e. The van der Waals surface area contributed by atoms with E-state index in [4.69, 9.17) is 4.74 Å². The Morgan fingerprint density at radius 1 is 1.35 bits per heavy atom. The molecule has 1 aromatic rings. The highest BCUT2D eigenvalue weighted by molar-refractivity contribution is 5.99. The Labute approximate surface area is 150 Å². The molecule has 3 unspecified atom stereocenters. The molecule has 1 N–H and O–H groups in total. The van der Waals surface area contributed by atoms with E-state index in [0.29, 0.717) is 18.6 Å². The zero-order chi connectivity index (χ0) is 17.7. The third kappa shape index (κ3) is 1.55. The van der Waals surface area contributed by atoms with Gasteiger partial charge in [-0.3, -0.25) is 9.69 Å². The normalized spacial score (nSPS) is 39.5. The Balaban J connectivity index is 1.61. The molecule has 0 amide bonds. The molecule has 0 aromatic heterocycles. The minimum absolute atomic E-state index is 0.0687. The number of carbonyl (C=O) groups excluding carboxylic acids is 1. The fraction of sp³-hybridized carbons (Fsp3) is 0.550. The van der Waals surface area contributed by atoms with E-state index in [1.54, 1.807) is 12.1 Å². The molecule has 6 heteroatoms. The van der Waals surface area contributed by atoms with E-state index >= 15 is 0 Å². The molecule has 6 rings (SSSR count). The quantitative estimate of drug-likeness (QED) is 0.842. The van der Waals surface area contributed by atoms with Crippen LogP contribution in [0, 0.1) is 10.8 Å². The first kappa shape index (κ1) is 15.1. The SMILES string of the molecule is O=Nc1ccc2c3c1O[C@H]1C(=O)C=CC4(O)C(C2)N(CC2CC2)CCC314. The smallest absolute Gasteiger partial charge is 0.196 e. The summed E-state index contributed by atoms with van der Waals surface area (Å²) < 4.78 is 6.03. The number of aliphatic hydroxyl groups is 1. The molecule has 0 radical (unpaired) electrons. The Morgan fingerprint density at radius 3 is 2.96 bits per heavy atom. The molecule has 1 aromatic carbocycles. The summed E-state index contributed by atoms with van der Waals surface area (Å²) in [4.78, 5) is 26.4. The van der Waals surface area contributed by atoms with Gasteiger partial charge in [-0.1, -0.05) is 6.07 Å². The van der Waals surface area contributed by atoms with Crippen molar-refractivity contribution in [2.75, 3.05) is 13.1 Å². The zero-order valence-electron chi connectivity index (χ0n) is 14.4. The third-order valence-corrected chi connectivity index (χ3v) is 7.27. The van der Waals surface area contributed by atoms with Crippen LogP contribution in [0.15, 0.2) is 29.5 Å². The Hall–Kier alpha value is -2.05. The number of hydrogen-bond acceptors (Lipinski definition) is 6. The van der Waals surface area contributed by atoms with Crippen molar-refractivity contribution in [1.29, 1.82) is 0 Å². The molecule has 5 aliphatic rings. The van der Waals surface area contributed by atoms with Crippen molar-refractivity contribution in [3.63, 3.8) is 0 Å². The average molecular weight is 352 g/mol. The van der Waals surface area contributed by atoms with Gasteiger partial charge in [0.1, 0.15) is 11.3 Å². The highest BCUT2D eigenvalue weighted by atomic mass is 16.5. The van der Waals surface area contributed by atoms with Crippen LogP contribution in [0.2, 0.25) is 0 Å². The van der Waals surface area contributed by atoms with Gasteiger partial charge in [-0.15, -0.1) is 4.91 Å². The Kier molecular flexibility index (Phi) is 2.67. The van der Waals surface area contributed by atoms with E-state index in [-0.39, 0.29) is 17.5 Å². The van der Waals surface area contributed by atoms with Gasteiger partial charge in [0, 0.05) is 18.2 Å². The van der Waals surface area contributed by atoms with Gasteiger partial charge in [0.15, 0.2) is 17.6 Å². The molecule has 1 saturated carbocycles. The fourth-order valence-corrected chi connectivity index (χ4v) is 5.93. The third-order valence-electron chi connectivity index (χ3n) is 7.27. The molecule has 2 heterocycles. The van der Waals surface area contributed by atoms with E-state index in [1.165, 1.54) is 18.9 Å². The Bertz CT molecular complexity index is 892. The highest BCUT2D eigenvalue weighted by Crippen LogP contribution is 2.63. The maximum atomic E-state index is 12.7. The van der Waals surface area contributed by atoms with Gasteiger partial charge in [0.05, 0.1) is 5.41 Å². The molecule has 26 heavy (non-hydrogen) atoms. The van der Waals surface area contributed by atoms with Crippen LogP contribution in [0.1, 0.15) is 30.4 Å². The van der Waals surface area contributed by atoms with Gasteiger partial charge in [-0.25, -0.2) is 0 Å². The number of carbonyl (C=O) groups is 1. The molecular formula is C20H20N2O4. The monoisotopic (exact) mass is 352 g/mol. The van der Waals surface area contributed by atoms with Crippen molar-refractivity contribution in [1.82, 2.24) is 4.90 Å². The molecule has 2 fully saturated rings. The predicted octanol–water partition coefficient (Wildman–Crippen LogP) is 1.99. The first-order valence-electron chi connectivity index (χ1n) is 9.44. The molecule has 2 aliphatic heterocycles. The number of piperidine rings is 1. The van der Waals surface area contributed by atoms with Crippen LogP contribution in [-0.2, 0) is 16.6 Å². The van der Waals surface area contributed by atoms with Crippen LogP contribution >= 0.6 is 0 Å². The fourth-order valence-electron chi connectivity index (χ4n) is 5.93. The van der Waals surface area contributed by atoms with E-state index in [1.807, 2.05) is 6.07 Å². The van der Waals surface area contributed by atoms with E-state index in [0.717, 1.165) is 30.1 Å². The molecule has 4 atom stereocenters. The second-order valence-corrected chi connectivity index (χ2v) is 8.48. The van der Waals surface area contributed by atoms with Gasteiger partial charge in [-0.05, 0) is 67.1 Å². The van der Waals surface area contributed by atoms with Crippen LogP contribution in [0.5, 0.6) is 5.75 Å². The number of nitroso groups, excluding NO2 is 1. The van der Waals surface area contributed by atoms with Crippen molar-refractivity contribution < 1.29 is 14.6 Å². The van der Waals surface area contributed by atoms with Crippen LogP contribution in [0.3, 0.4) is 0 Å². The average Bonchev–Trinajstić information content (AvgIpc) is 3.37. The standard InChI is InChI=1S/C20H20N2O4/c23-14-5-6-20(24)15-9-12-3-4-13(21-25)17-16(12)19(20,18(14)26-17)7-8-22(15)10-11-1-2-11/h3-6,11,15,18,24H,1-2,7-10H2/t15?,18-,19?,20?/m0/s1. The van der Waals surface area contributed by atoms with E-state index in [2.05, 4.69) is 10.1 Å². The van der Waals surface area contributed by atoms with Crippen molar-refractivity contribution >= 4 is 11.5 Å². The first-order valence-corrected chi connectivity index (χ1v) is 9.44. The van der Waals surface area contributed by atoms with Crippen molar-refractivity contribution in [3.8, 4) is 5.75 Å². The predicted molar refractivity (Wildman–Crippen MR) is 93.5 cm³/mol. The molecule has 6 nitrogen and oxygen atoms in total. The molecule has 3 aliphatic carbocycles. The summed E-state index contributed by atoms with van der Waals surface area (Å²) in [6, 6.07) is 3.54. The number of ketones is 1. The summed E-state index contributed by atoms with van der Waals surface area (Å²) in [5, 5.41) is 15.0. The van der Waals surface area contributed by atoms with Crippen LogP contribution in [0.4, 0.5) is 5.69 Å². The second-order valence-electron chi connectivity index (χ2n) is 8.48. The topological polar surface area (TPSA) is 79.2 Å². The van der Waals surface area contributed by atoms with E-state index in [9.17, 15) is 14.8 Å². The van der Waals surface area contributed by atoms with Gasteiger partial charge >= 0.3 is 0 Å². The minimum atomic E-state index is -1.15. The number of likely N-dealkylation sites (tertiary alicyclic amines) is 1. The van der Waals surface area contributed by atoms with Gasteiger partial charge in [-0.2, -0.15) is 0 Å². The lowest BCUT2D eigenvalue weighted by Gasteiger charge is -2.60. The summed E-state index contributed by atoms with van der Waals surface area (Å²) in [6.07, 6.45) is 6.29. The molecular weight excluding hydrogens is 332 g/mol. The maximum Gasteiger partial charge on any atom is 0.196 e. The number of hydrogen-bond donors (Lipinski definition) is 1. The molecule has 1 spiro atoms. The van der Waals surface area contributed by atoms with Crippen LogP contribution in [0.25, 0.3) is 0 Å². The number of benzene rings is 1. The van der Waals surface area contributed by atoms with Crippen molar-refractivity contribution in [2.24, 2.45) is 11.1 Å². The molecule has 1 saturated heterocycles. The van der Waals surface area contributed by atoms with Gasteiger partial charge in [0.2, 0.25) is 0 Å². The van der Waals surface area contributed by atoms with Gasteiger partial charge in [0.25, 0.3) is 0 Å². The first-order chi connectivity index (χ1) is 12.6. The lowest BCUT2D eigenvalue weighted by molar-refractivity contribution is -0.155. The molecule has 134 valence electrons. The lowest BCUT2D eigenvalue weighted by atomic mass is 9.51. The van der Waals surface area contributed by atoms with Crippen molar-refractivity contribution in [2.45, 2.75) is 48.8 Å². The number of nitrogens with zero attached hydrogens (tertiary/aromatic N) is 2. The number of rotatable bonds is 3. The Morgan fingerprint density at radius 2 is 2.19 bits per heavy atom. The number of ether oxygens (including phenoxy) is 1. The maximum absolute atomic E-state index is 12.7. The summed E-state index contributed by atoms with van der Waals surface area (Å²) >= 11 is 0. The van der Waals surface area contributed by atoms with E-state index < -0.39 is 17.1 Å². The van der Waals surface area contributed by atoms with Crippen LogP contribution in [-0.4, -0.2) is 46.6 Å². The lowest BCUT2D eigenvalue weighted by Crippen LogP contribution is -2.75. The largest absolute Gasteiger partial charge is 0.478 e. The van der Waals surface area contributed by atoms with Gasteiger partial charge < -0.3 is 9.84 Å². The summed E-state index contributed by atoms with van der Waals surface area (Å²) in [7, 11) is 0. The summed E-state index contributed by atoms with van der Waals surface area (Å²) in [5.74, 6) is 1.01. The van der Waals surface area contributed by atoms with Crippen LogP contribution < -0.4 is 4.74 Å².